The molecule has 3 heteroatoms. The molecule has 1 saturated heterocycles. The number of rotatable bonds is 6. The molecule has 3 nitrogen and oxygen atoms in total. The molecule has 0 spiro atoms. The van der Waals surface area contributed by atoms with Crippen LogP contribution in [0.5, 0.6) is 0 Å². The molecule has 2 atom stereocenters. The lowest BCUT2D eigenvalue weighted by atomic mass is 9.89. The van der Waals surface area contributed by atoms with E-state index in [2.05, 4.69) is 18.7 Å². The minimum atomic E-state index is -0.0457. The molecule has 0 amide bonds. The second-order valence-electron chi connectivity index (χ2n) is 4.84. The van der Waals surface area contributed by atoms with Gasteiger partial charge in [0.05, 0.1) is 0 Å². The number of ether oxygens (including phenoxy) is 2. The van der Waals surface area contributed by atoms with Crippen LogP contribution in [0.4, 0.5) is 0 Å². The lowest BCUT2D eigenvalue weighted by Gasteiger charge is -2.36. The van der Waals surface area contributed by atoms with E-state index in [0.29, 0.717) is 0 Å². The van der Waals surface area contributed by atoms with Crippen LogP contribution in [0.3, 0.4) is 0 Å². The summed E-state index contributed by atoms with van der Waals surface area (Å²) in [6, 6.07) is 0. The number of piperidine rings is 1. The van der Waals surface area contributed by atoms with E-state index in [-0.39, 0.29) is 6.29 Å². The molecule has 1 rings (SSSR count). The second-order valence-corrected chi connectivity index (χ2v) is 4.84. The van der Waals surface area contributed by atoms with Crippen molar-refractivity contribution in [1.29, 1.82) is 0 Å². The summed E-state index contributed by atoms with van der Waals surface area (Å²) in [5.41, 5.74) is 0. The lowest BCUT2D eigenvalue weighted by molar-refractivity contribution is -0.150. The van der Waals surface area contributed by atoms with E-state index in [1.54, 1.807) is 0 Å². The van der Waals surface area contributed by atoms with Crippen molar-refractivity contribution >= 4 is 0 Å². The van der Waals surface area contributed by atoms with Crippen molar-refractivity contribution in [2.24, 2.45) is 11.8 Å². The molecule has 96 valence electrons. The molecule has 1 fully saturated rings. The van der Waals surface area contributed by atoms with Gasteiger partial charge in [-0.05, 0) is 38.6 Å². The van der Waals surface area contributed by atoms with E-state index in [1.165, 1.54) is 19.5 Å². The summed E-state index contributed by atoms with van der Waals surface area (Å²) in [6.07, 6.45) is 1.25. The molecular weight excluding hydrogens is 202 g/mol. The predicted molar refractivity (Wildman–Crippen MR) is 66.4 cm³/mol. The molecule has 0 aromatic heterocycles. The average Bonchev–Trinajstić information content (AvgIpc) is 2.24. The van der Waals surface area contributed by atoms with Crippen LogP contribution in [0.15, 0.2) is 0 Å². The third-order valence-corrected chi connectivity index (χ3v) is 3.53. The summed E-state index contributed by atoms with van der Waals surface area (Å²) in [4.78, 5) is 2.47. The summed E-state index contributed by atoms with van der Waals surface area (Å²) < 4.78 is 11.2. The van der Waals surface area contributed by atoms with Gasteiger partial charge in [0.25, 0.3) is 0 Å². The molecule has 0 aromatic carbocycles. The SMILES string of the molecule is CCOC(CN1CCC(C)C(C)C1)OCC. The van der Waals surface area contributed by atoms with Gasteiger partial charge in [0, 0.05) is 26.3 Å². The maximum Gasteiger partial charge on any atom is 0.170 e. The van der Waals surface area contributed by atoms with Crippen molar-refractivity contribution in [3.8, 4) is 0 Å². The highest BCUT2D eigenvalue weighted by Gasteiger charge is 2.24. The largest absolute Gasteiger partial charge is 0.352 e. The highest BCUT2D eigenvalue weighted by atomic mass is 16.7. The number of hydrogen-bond donors (Lipinski definition) is 0. The standard InChI is InChI=1S/C13H27NO2/c1-5-15-13(16-6-2)10-14-8-7-11(3)12(4)9-14/h11-13H,5-10H2,1-4H3. The fourth-order valence-corrected chi connectivity index (χ4v) is 2.25. The molecule has 2 unspecified atom stereocenters. The highest BCUT2D eigenvalue weighted by Crippen LogP contribution is 2.22. The Hall–Kier alpha value is -0.120. The third-order valence-electron chi connectivity index (χ3n) is 3.53. The van der Waals surface area contributed by atoms with Crippen LogP contribution >= 0.6 is 0 Å². The van der Waals surface area contributed by atoms with Crippen LogP contribution in [0.2, 0.25) is 0 Å². The molecule has 0 N–H and O–H groups in total. The zero-order chi connectivity index (χ0) is 12.0. The van der Waals surface area contributed by atoms with Crippen molar-refractivity contribution in [3.05, 3.63) is 0 Å². The summed E-state index contributed by atoms with van der Waals surface area (Å²) in [5.74, 6) is 1.64. The third kappa shape index (κ3) is 4.40. The first-order valence-corrected chi connectivity index (χ1v) is 6.62. The number of nitrogens with zero attached hydrogens (tertiary/aromatic N) is 1. The van der Waals surface area contributed by atoms with Crippen molar-refractivity contribution < 1.29 is 9.47 Å². The topological polar surface area (TPSA) is 21.7 Å². The summed E-state index contributed by atoms with van der Waals surface area (Å²) >= 11 is 0. The minimum absolute atomic E-state index is 0.0457. The fourth-order valence-electron chi connectivity index (χ4n) is 2.25. The second kappa shape index (κ2) is 7.25. The van der Waals surface area contributed by atoms with Gasteiger partial charge in [-0.1, -0.05) is 13.8 Å². The Morgan fingerprint density at radius 3 is 2.25 bits per heavy atom. The normalized spacial score (nSPS) is 27.6. The van der Waals surface area contributed by atoms with Gasteiger partial charge in [0.15, 0.2) is 6.29 Å². The minimum Gasteiger partial charge on any atom is -0.352 e. The molecule has 1 heterocycles. The van der Waals surface area contributed by atoms with E-state index in [1.807, 2.05) is 13.8 Å². The van der Waals surface area contributed by atoms with E-state index >= 15 is 0 Å². The summed E-state index contributed by atoms with van der Waals surface area (Å²) in [6.45, 7) is 13.5. The zero-order valence-electron chi connectivity index (χ0n) is 11.2. The quantitative estimate of drug-likeness (QED) is 0.653. The van der Waals surface area contributed by atoms with Crippen LogP contribution in [0, 0.1) is 11.8 Å². The molecule has 16 heavy (non-hydrogen) atoms. The molecule has 0 radical (unpaired) electrons. The van der Waals surface area contributed by atoms with Crippen molar-refractivity contribution in [3.63, 3.8) is 0 Å². The molecule has 0 bridgehead atoms. The smallest absolute Gasteiger partial charge is 0.170 e. The first kappa shape index (κ1) is 13.9. The Balaban J connectivity index is 2.33. The van der Waals surface area contributed by atoms with E-state index in [0.717, 1.165) is 31.6 Å². The van der Waals surface area contributed by atoms with Crippen LogP contribution in [-0.4, -0.2) is 44.0 Å². The Labute approximate surface area is 100 Å². The molecular formula is C13H27NO2. The van der Waals surface area contributed by atoms with Crippen molar-refractivity contribution in [1.82, 2.24) is 4.90 Å². The predicted octanol–water partition coefficient (Wildman–Crippen LogP) is 2.36. The van der Waals surface area contributed by atoms with Gasteiger partial charge in [-0.25, -0.2) is 0 Å². The fraction of sp³-hybridized carbons (Fsp3) is 1.00. The van der Waals surface area contributed by atoms with Gasteiger partial charge in [-0.2, -0.15) is 0 Å². The molecule has 0 saturated carbocycles. The molecule has 1 aliphatic rings. The zero-order valence-corrected chi connectivity index (χ0v) is 11.2. The maximum atomic E-state index is 5.58. The Morgan fingerprint density at radius 1 is 1.12 bits per heavy atom. The van der Waals surface area contributed by atoms with Gasteiger partial charge in [-0.3, -0.25) is 4.90 Å². The van der Waals surface area contributed by atoms with Gasteiger partial charge in [0.1, 0.15) is 0 Å². The molecule has 0 aliphatic carbocycles. The van der Waals surface area contributed by atoms with Crippen molar-refractivity contribution in [2.75, 3.05) is 32.8 Å². The lowest BCUT2D eigenvalue weighted by Crippen LogP contribution is -2.43. The first-order chi connectivity index (χ1) is 7.67. The Kier molecular flexibility index (Phi) is 6.32. The highest BCUT2D eigenvalue weighted by molar-refractivity contribution is 4.75. The van der Waals surface area contributed by atoms with Gasteiger partial charge < -0.3 is 9.47 Å². The summed E-state index contributed by atoms with van der Waals surface area (Å²) in [5, 5.41) is 0. The molecule has 0 aromatic rings. The van der Waals surface area contributed by atoms with E-state index < -0.39 is 0 Å². The van der Waals surface area contributed by atoms with E-state index in [9.17, 15) is 0 Å². The van der Waals surface area contributed by atoms with Gasteiger partial charge in [0.2, 0.25) is 0 Å². The Bertz CT molecular complexity index is 181. The monoisotopic (exact) mass is 229 g/mol. The molecule has 1 aliphatic heterocycles. The van der Waals surface area contributed by atoms with Gasteiger partial charge in [-0.15, -0.1) is 0 Å². The number of hydrogen-bond acceptors (Lipinski definition) is 3. The van der Waals surface area contributed by atoms with E-state index in [4.69, 9.17) is 9.47 Å². The first-order valence-electron chi connectivity index (χ1n) is 6.62. The van der Waals surface area contributed by atoms with Gasteiger partial charge >= 0.3 is 0 Å². The van der Waals surface area contributed by atoms with Crippen LogP contribution < -0.4 is 0 Å². The summed E-state index contributed by atoms with van der Waals surface area (Å²) in [7, 11) is 0. The maximum absolute atomic E-state index is 5.58. The van der Waals surface area contributed by atoms with Crippen LogP contribution in [0.1, 0.15) is 34.1 Å². The van der Waals surface area contributed by atoms with Crippen molar-refractivity contribution in [2.45, 2.75) is 40.4 Å². The van der Waals surface area contributed by atoms with Crippen LogP contribution in [0.25, 0.3) is 0 Å². The number of likely N-dealkylation sites (tertiary alicyclic amines) is 1. The van der Waals surface area contributed by atoms with Crippen LogP contribution in [-0.2, 0) is 9.47 Å². The Morgan fingerprint density at radius 2 is 1.75 bits per heavy atom. The average molecular weight is 229 g/mol.